The molecule has 2 heterocycles. The zero-order chi connectivity index (χ0) is 19.8. The molecule has 4 aromatic rings. The predicted molar refractivity (Wildman–Crippen MR) is 102 cm³/mol. The number of carbonyl (C=O) groups is 1. The highest BCUT2D eigenvalue weighted by Gasteiger charge is 2.16. The van der Waals surface area contributed by atoms with Crippen LogP contribution in [0.25, 0.3) is 16.8 Å². The van der Waals surface area contributed by atoms with E-state index < -0.39 is 17.5 Å². The number of aryl methyl sites for hydroxylation is 1. The maximum absolute atomic E-state index is 14.3. The Labute approximate surface area is 159 Å². The molecule has 0 saturated carbocycles. The monoisotopic (exact) mass is 380 g/mol. The Balaban J connectivity index is 1.64. The van der Waals surface area contributed by atoms with Gasteiger partial charge in [-0.05, 0) is 60.5 Å². The van der Waals surface area contributed by atoms with Crippen molar-refractivity contribution < 1.29 is 18.0 Å². The van der Waals surface area contributed by atoms with Crippen LogP contribution in [0, 0.1) is 24.5 Å². The fourth-order valence-electron chi connectivity index (χ4n) is 3.26. The molecule has 0 radical (unpaired) electrons. The Morgan fingerprint density at radius 2 is 1.64 bits per heavy atom. The van der Waals surface area contributed by atoms with Crippen LogP contribution in [-0.4, -0.2) is 10.3 Å². The molecule has 4 rings (SSSR count). The average molecular weight is 380 g/mol. The van der Waals surface area contributed by atoms with Crippen molar-refractivity contribution in [1.82, 2.24) is 4.40 Å². The number of nitrogens with zero attached hydrogens (tertiary/aromatic N) is 1. The second-order valence-corrected chi connectivity index (χ2v) is 6.42. The van der Waals surface area contributed by atoms with Gasteiger partial charge in [0.2, 0.25) is 0 Å². The third-order valence-electron chi connectivity index (χ3n) is 4.55. The highest BCUT2D eigenvalue weighted by molar-refractivity contribution is 6.04. The fraction of sp³-hybridized carbons (Fsp3) is 0.0455. The van der Waals surface area contributed by atoms with E-state index in [4.69, 9.17) is 0 Å². The molecule has 140 valence electrons. The van der Waals surface area contributed by atoms with Crippen molar-refractivity contribution in [2.45, 2.75) is 6.92 Å². The molecule has 0 aliphatic rings. The first kappa shape index (κ1) is 17.9. The quantitative estimate of drug-likeness (QED) is 0.462. The van der Waals surface area contributed by atoms with E-state index in [2.05, 4.69) is 5.32 Å². The van der Waals surface area contributed by atoms with Crippen molar-refractivity contribution in [3.63, 3.8) is 0 Å². The van der Waals surface area contributed by atoms with Gasteiger partial charge in [-0.3, -0.25) is 9.20 Å². The molecule has 1 N–H and O–H groups in total. The maximum atomic E-state index is 14.3. The van der Waals surface area contributed by atoms with Gasteiger partial charge in [0.1, 0.15) is 0 Å². The largest absolute Gasteiger partial charge is 0.322 e. The normalized spacial score (nSPS) is 11.0. The second-order valence-electron chi connectivity index (χ2n) is 6.42. The molecule has 6 heteroatoms. The zero-order valence-electron chi connectivity index (χ0n) is 14.8. The van der Waals surface area contributed by atoms with Gasteiger partial charge in [-0.2, -0.15) is 4.39 Å². The number of anilines is 1. The molecule has 0 spiro atoms. The van der Waals surface area contributed by atoms with Gasteiger partial charge in [0, 0.05) is 11.2 Å². The zero-order valence-corrected chi connectivity index (χ0v) is 14.8. The summed E-state index contributed by atoms with van der Waals surface area (Å²) in [5.74, 6) is -3.40. The van der Waals surface area contributed by atoms with Crippen molar-refractivity contribution in [1.29, 1.82) is 0 Å². The van der Waals surface area contributed by atoms with Crippen molar-refractivity contribution in [2.75, 3.05) is 5.32 Å². The summed E-state index contributed by atoms with van der Waals surface area (Å²) in [7, 11) is 0. The topological polar surface area (TPSA) is 33.5 Å². The minimum absolute atomic E-state index is 0.375. The molecule has 1 amide bonds. The summed E-state index contributed by atoms with van der Waals surface area (Å²) in [5, 5.41) is 2.54. The number of benzene rings is 2. The number of halogens is 3. The molecule has 0 aliphatic heterocycles. The number of nitrogens with one attached hydrogen (secondary N) is 1. The molecule has 0 aliphatic carbocycles. The minimum atomic E-state index is -1.19. The third-order valence-corrected chi connectivity index (χ3v) is 4.55. The fourth-order valence-corrected chi connectivity index (χ4v) is 3.26. The van der Waals surface area contributed by atoms with Crippen LogP contribution in [0.3, 0.4) is 0 Å². The third kappa shape index (κ3) is 3.03. The standard InChI is InChI=1S/C22H15F3N2O/c1-13-12-16-4-2-7-19(24)27(16)21(13)14-8-10-15(11-9-14)26-22(28)17-5-3-6-18(23)20(17)25/h2-12H,1H3,(H,26,28). The van der Waals surface area contributed by atoms with Crippen LogP contribution >= 0.6 is 0 Å². The summed E-state index contributed by atoms with van der Waals surface area (Å²) >= 11 is 0. The van der Waals surface area contributed by atoms with Gasteiger partial charge in [-0.25, -0.2) is 8.78 Å². The maximum Gasteiger partial charge on any atom is 0.258 e. The summed E-state index contributed by atoms with van der Waals surface area (Å²) < 4.78 is 42.9. The van der Waals surface area contributed by atoms with Crippen LogP contribution < -0.4 is 5.32 Å². The first-order chi connectivity index (χ1) is 13.5. The predicted octanol–water partition coefficient (Wildman–Crippen LogP) is 5.58. The van der Waals surface area contributed by atoms with Crippen molar-refractivity contribution in [2.24, 2.45) is 0 Å². The second kappa shape index (κ2) is 6.88. The molecular formula is C22H15F3N2O. The summed E-state index contributed by atoms with van der Waals surface area (Å²) in [5.41, 5.74) is 3.16. The van der Waals surface area contributed by atoms with Crippen LogP contribution in [0.5, 0.6) is 0 Å². The Bertz CT molecular complexity index is 1200. The Morgan fingerprint density at radius 3 is 2.39 bits per heavy atom. The Kier molecular flexibility index (Phi) is 4.39. The summed E-state index contributed by atoms with van der Waals surface area (Å²) in [6.45, 7) is 1.89. The van der Waals surface area contributed by atoms with Crippen LogP contribution in [0.1, 0.15) is 15.9 Å². The SMILES string of the molecule is Cc1cc2cccc(F)n2c1-c1ccc(NC(=O)c2cccc(F)c2F)cc1. The van der Waals surface area contributed by atoms with Gasteiger partial charge in [0.25, 0.3) is 5.91 Å². The molecule has 28 heavy (non-hydrogen) atoms. The lowest BCUT2D eigenvalue weighted by atomic mass is 10.1. The lowest BCUT2D eigenvalue weighted by Crippen LogP contribution is -2.14. The molecule has 2 aromatic carbocycles. The van der Waals surface area contributed by atoms with Crippen LogP contribution in [0.15, 0.2) is 66.7 Å². The lowest BCUT2D eigenvalue weighted by molar-refractivity contribution is 0.102. The molecular weight excluding hydrogens is 365 g/mol. The number of pyridine rings is 1. The molecule has 0 saturated heterocycles. The van der Waals surface area contributed by atoms with Crippen LogP contribution in [-0.2, 0) is 0 Å². The van der Waals surface area contributed by atoms with Gasteiger partial charge in [0.15, 0.2) is 17.6 Å². The van der Waals surface area contributed by atoms with E-state index in [1.54, 1.807) is 30.3 Å². The van der Waals surface area contributed by atoms with Crippen LogP contribution in [0.4, 0.5) is 18.9 Å². The van der Waals surface area contributed by atoms with Gasteiger partial charge >= 0.3 is 0 Å². The van der Waals surface area contributed by atoms with E-state index in [9.17, 15) is 18.0 Å². The van der Waals surface area contributed by atoms with E-state index in [1.807, 2.05) is 19.1 Å². The van der Waals surface area contributed by atoms with Gasteiger partial charge in [0.05, 0.1) is 11.3 Å². The first-order valence-corrected chi connectivity index (χ1v) is 8.58. The lowest BCUT2D eigenvalue weighted by Gasteiger charge is -2.09. The van der Waals surface area contributed by atoms with Crippen molar-refractivity contribution in [3.05, 3.63) is 95.4 Å². The molecule has 0 atom stereocenters. The van der Waals surface area contributed by atoms with Crippen molar-refractivity contribution >= 4 is 17.1 Å². The molecule has 0 fully saturated rings. The van der Waals surface area contributed by atoms with E-state index in [1.165, 1.54) is 22.6 Å². The minimum Gasteiger partial charge on any atom is -0.322 e. The first-order valence-electron chi connectivity index (χ1n) is 8.58. The summed E-state index contributed by atoms with van der Waals surface area (Å²) in [4.78, 5) is 12.2. The Hall–Kier alpha value is -3.54. The van der Waals surface area contributed by atoms with E-state index >= 15 is 0 Å². The highest BCUT2D eigenvalue weighted by Crippen LogP contribution is 2.29. The van der Waals surface area contributed by atoms with Gasteiger partial charge in [-0.15, -0.1) is 0 Å². The number of hydrogen-bond acceptors (Lipinski definition) is 1. The molecule has 0 unspecified atom stereocenters. The number of aromatic nitrogens is 1. The Morgan fingerprint density at radius 1 is 0.929 bits per heavy atom. The molecule has 3 nitrogen and oxygen atoms in total. The molecule has 0 bridgehead atoms. The number of fused-ring (bicyclic) bond motifs is 1. The van der Waals surface area contributed by atoms with E-state index in [0.29, 0.717) is 11.4 Å². The molecule has 2 aromatic heterocycles. The summed E-state index contributed by atoms with van der Waals surface area (Å²) in [6, 6.07) is 16.9. The van der Waals surface area contributed by atoms with E-state index in [-0.39, 0.29) is 11.5 Å². The van der Waals surface area contributed by atoms with Crippen molar-refractivity contribution in [3.8, 4) is 11.3 Å². The van der Waals surface area contributed by atoms with Crippen LogP contribution in [0.2, 0.25) is 0 Å². The highest BCUT2D eigenvalue weighted by atomic mass is 19.2. The smallest absolute Gasteiger partial charge is 0.258 e. The average Bonchev–Trinajstić information content (AvgIpc) is 3.02. The van der Waals surface area contributed by atoms with Gasteiger partial charge < -0.3 is 5.32 Å². The number of rotatable bonds is 3. The number of amides is 1. The number of carbonyl (C=O) groups excluding carboxylic acids is 1. The summed E-state index contributed by atoms with van der Waals surface area (Å²) in [6.07, 6.45) is 0. The van der Waals surface area contributed by atoms with E-state index in [0.717, 1.165) is 22.7 Å². The number of hydrogen-bond donors (Lipinski definition) is 1. The van der Waals surface area contributed by atoms with Gasteiger partial charge in [-0.1, -0.05) is 24.3 Å².